The molecule has 0 aromatic rings. The number of likely N-dealkylation sites (N-methyl/N-ethyl adjacent to an activating group) is 1. The first-order chi connectivity index (χ1) is 6.73. The summed E-state index contributed by atoms with van der Waals surface area (Å²) < 4.78 is 24.6. The van der Waals surface area contributed by atoms with Crippen LogP contribution in [-0.2, 0) is 10.0 Å². The SMILES string of the molecule is CC(C)[C@H]1CN(S(C)(=O)=O)C[C@@H]1N(C)C. The minimum Gasteiger partial charge on any atom is -0.305 e. The number of nitrogens with zero attached hydrogens (tertiary/aromatic N) is 2. The highest BCUT2D eigenvalue weighted by Crippen LogP contribution is 2.28. The molecule has 1 aliphatic heterocycles. The first kappa shape index (κ1) is 12.9. The van der Waals surface area contributed by atoms with E-state index in [1.165, 1.54) is 6.26 Å². The standard InChI is InChI=1S/C10H22N2O2S/c1-8(2)9-6-12(15(5,13)14)7-10(9)11(3)4/h8-10H,6-7H2,1-5H3/t9-,10+/m1/s1. The molecule has 0 bridgehead atoms. The van der Waals surface area contributed by atoms with Crippen LogP contribution < -0.4 is 0 Å². The molecule has 0 aliphatic carbocycles. The number of hydrogen-bond acceptors (Lipinski definition) is 3. The summed E-state index contributed by atoms with van der Waals surface area (Å²) in [6.07, 6.45) is 1.29. The first-order valence-corrected chi connectivity index (χ1v) is 7.20. The molecule has 1 fully saturated rings. The monoisotopic (exact) mass is 234 g/mol. The summed E-state index contributed by atoms with van der Waals surface area (Å²) in [5, 5.41) is 0. The van der Waals surface area contributed by atoms with Crippen molar-refractivity contribution in [3.63, 3.8) is 0 Å². The van der Waals surface area contributed by atoms with E-state index in [4.69, 9.17) is 0 Å². The molecule has 1 saturated heterocycles. The zero-order chi connectivity index (χ0) is 11.8. The van der Waals surface area contributed by atoms with Crippen LogP contribution in [0.5, 0.6) is 0 Å². The molecule has 0 unspecified atom stereocenters. The molecule has 15 heavy (non-hydrogen) atoms. The van der Waals surface area contributed by atoms with Crippen LogP contribution in [0.2, 0.25) is 0 Å². The van der Waals surface area contributed by atoms with Crippen LogP contribution in [-0.4, -0.2) is 57.1 Å². The molecule has 0 radical (unpaired) electrons. The van der Waals surface area contributed by atoms with Crippen LogP contribution >= 0.6 is 0 Å². The van der Waals surface area contributed by atoms with E-state index in [0.717, 1.165) is 0 Å². The van der Waals surface area contributed by atoms with Gasteiger partial charge in [-0.3, -0.25) is 0 Å². The molecular formula is C10H22N2O2S. The maximum Gasteiger partial charge on any atom is 0.211 e. The van der Waals surface area contributed by atoms with Crippen molar-refractivity contribution in [2.45, 2.75) is 19.9 Å². The van der Waals surface area contributed by atoms with E-state index in [2.05, 4.69) is 18.7 Å². The average molecular weight is 234 g/mol. The van der Waals surface area contributed by atoms with Crippen LogP contribution in [0.4, 0.5) is 0 Å². The molecule has 1 heterocycles. The summed E-state index contributed by atoms with van der Waals surface area (Å²) in [5.74, 6) is 0.957. The Morgan fingerprint density at radius 3 is 2.07 bits per heavy atom. The fraction of sp³-hybridized carbons (Fsp3) is 1.00. The van der Waals surface area contributed by atoms with Gasteiger partial charge >= 0.3 is 0 Å². The van der Waals surface area contributed by atoms with E-state index in [1.807, 2.05) is 14.1 Å². The number of hydrogen-bond donors (Lipinski definition) is 0. The van der Waals surface area contributed by atoms with Crippen molar-refractivity contribution >= 4 is 10.0 Å². The topological polar surface area (TPSA) is 40.6 Å². The third-order valence-electron chi connectivity index (χ3n) is 3.29. The third-order valence-corrected chi connectivity index (χ3v) is 4.52. The Balaban J connectivity index is 2.83. The number of sulfonamides is 1. The largest absolute Gasteiger partial charge is 0.305 e. The van der Waals surface area contributed by atoms with Gasteiger partial charge in [0.1, 0.15) is 0 Å². The highest BCUT2D eigenvalue weighted by atomic mass is 32.2. The molecule has 5 heteroatoms. The molecule has 1 rings (SSSR count). The van der Waals surface area contributed by atoms with Crippen LogP contribution in [0.25, 0.3) is 0 Å². The van der Waals surface area contributed by atoms with Crippen molar-refractivity contribution in [3.05, 3.63) is 0 Å². The Kier molecular flexibility index (Phi) is 3.79. The Morgan fingerprint density at radius 1 is 1.27 bits per heavy atom. The van der Waals surface area contributed by atoms with Crippen molar-refractivity contribution in [2.75, 3.05) is 33.4 Å². The summed E-state index contributed by atoms with van der Waals surface area (Å²) in [5.41, 5.74) is 0. The van der Waals surface area contributed by atoms with E-state index < -0.39 is 10.0 Å². The molecule has 4 nitrogen and oxygen atoms in total. The lowest BCUT2D eigenvalue weighted by Crippen LogP contribution is -2.37. The molecule has 0 aromatic heterocycles. The van der Waals surface area contributed by atoms with E-state index in [0.29, 0.717) is 31.0 Å². The zero-order valence-electron chi connectivity index (χ0n) is 10.3. The van der Waals surface area contributed by atoms with Gasteiger partial charge in [-0.2, -0.15) is 0 Å². The molecule has 90 valence electrons. The van der Waals surface area contributed by atoms with Gasteiger partial charge in [0.15, 0.2) is 0 Å². The predicted octanol–water partition coefficient (Wildman–Crippen LogP) is 0.464. The number of rotatable bonds is 3. The summed E-state index contributed by atoms with van der Waals surface area (Å²) >= 11 is 0. The third kappa shape index (κ3) is 2.92. The molecule has 0 N–H and O–H groups in total. The van der Waals surface area contributed by atoms with Gasteiger partial charge in [0.2, 0.25) is 10.0 Å². The maximum atomic E-state index is 11.5. The zero-order valence-corrected chi connectivity index (χ0v) is 11.1. The second-order valence-electron chi connectivity index (χ2n) is 5.02. The van der Waals surface area contributed by atoms with Crippen molar-refractivity contribution in [2.24, 2.45) is 11.8 Å². The minimum absolute atomic E-state index is 0.347. The molecular weight excluding hydrogens is 212 g/mol. The highest BCUT2D eigenvalue weighted by molar-refractivity contribution is 7.88. The van der Waals surface area contributed by atoms with Gasteiger partial charge in [0.25, 0.3) is 0 Å². The van der Waals surface area contributed by atoms with Gasteiger partial charge in [-0.05, 0) is 25.9 Å². The average Bonchev–Trinajstić information content (AvgIpc) is 2.45. The van der Waals surface area contributed by atoms with E-state index in [9.17, 15) is 8.42 Å². The van der Waals surface area contributed by atoms with Crippen LogP contribution in [0.1, 0.15) is 13.8 Å². The van der Waals surface area contributed by atoms with Gasteiger partial charge in [0, 0.05) is 19.1 Å². The van der Waals surface area contributed by atoms with Crippen molar-refractivity contribution in [1.29, 1.82) is 0 Å². The van der Waals surface area contributed by atoms with Crippen LogP contribution in [0.3, 0.4) is 0 Å². The van der Waals surface area contributed by atoms with Gasteiger partial charge in [-0.1, -0.05) is 13.8 Å². The predicted molar refractivity (Wildman–Crippen MR) is 62.2 cm³/mol. The second-order valence-corrected chi connectivity index (χ2v) is 7.00. The van der Waals surface area contributed by atoms with E-state index >= 15 is 0 Å². The minimum atomic E-state index is -3.03. The van der Waals surface area contributed by atoms with Crippen molar-refractivity contribution in [3.8, 4) is 0 Å². The van der Waals surface area contributed by atoms with Gasteiger partial charge in [-0.25, -0.2) is 12.7 Å². The fourth-order valence-electron chi connectivity index (χ4n) is 2.25. The Labute approximate surface area is 93.3 Å². The molecule has 0 amide bonds. The smallest absolute Gasteiger partial charge is 0.211 e. The van der Waals surface area contributed by atoms with E-state index in [-0.39, 0.29) is 0 Å². The first-order valence-electron chi connectivity index (χ1n) is 5.35. The van der Waals surface area contributed by atoms with Gasteiger partial charge in [-0.15, -0.1) is 0 Å². The van der Waals surface area contributed by atoms with E-state index in [1.54, 1.807) is 4.31 Å². The Hall–Kier alpha value is -0.130. The summed E-state index contributed by atoms with van der Waals surface area (Å²) in [6, 6.07) is 0.347. The molecule has 0 saturated carbocycles. The highest BCUT2D eigenvalue weighted by Gasteiger charge is 2.39. The van der Waals surface area contributed by atoms with Crippen LogP contribution in [0.15, 0.2) is 0 Å². The molecule has 2 atom stereocenters. The quantitative estimate of drug-likeness (QED) is 0.712. The normalized spacial score (nSPS) is 29.3. The molecule has 1 aliphatic rings. The molecule has 0 spiro atoms. The lowest BCUT2D eigenvalue weighted by Gasteiger charge is -2.27. The Morgan fingerprint density at radius 2 is 1.80 bits per heavy atom. The fourth-order valence-corrected chi connectivity index (χ4v) is 3.11. The summed E-state index contributed by atoms with van der Waals surface area (Å²) in [6.45, 7) is 5.62. The van der Waals surface area contributed by atoms with Gasteiger partial charge < -0.3 is 4.90 Å². The van der Waals surface area contributed by atoms with Crippen molar-refractivity contribution in [1.82, 2.24) is 9.21 Å². The summed E-state index contributed by atoms with van der Waals surface area (Å²) in [7, 11) is 1.01. The molecule has 0 aromatic carbocycles. The second kappa shape index (κ2) is 4.39. The lowest BCUT2D eigenvalue weighted by molar-refractivity contribution is 0.216. The van der Waals surface area contributed by atoms with Gasteiger partial charge in [0.05, 0.1) is 6.26 Å². The summed E-state index contributed by atoms with van der Waals surface area (Å²) in [4.78, 5) is 2.13. The maximum absolute atomic E-state index is 11.5. The van der Waals surface area contributed by atoms with Crippen molar-refractivity contribution < 1.29 is 8.42 Å². The Bertz CT molecular complexity index is 295. The van der Waals surface area contributed by atoms with Crippen LogP contribution in [0, 0.1) is 11.8 Å². The lowest BCUT2D eigenvalue weighted by atomic mass is 9.91.